The number of rotatable bonds is 8. The van der Waals surface area contributed by atoms with Gasteiger partial charge in [-0.1, -0.05) is 15.9 Å². The summed E-state index contributed by atoms with van der Waals surface area (Å²) in [5.41, 5.74) is 0.650. The molecular weight excluding hydrogens is 332 g/mol. The van der Waals surface area contributed by atoms with Crippen LogP contribution in [0.15, 0.2) is 18.2 Å². The van der Waals surface area contributed by atoms with Gasteiger partial charge < -0.3 is 23.7 Å². The van der Waals surface area contributed by atoms with Gasteiger partial charge in [-0.15, -0.1) is 0 Å². The van der Waals surface area contributed by atoms with Crippen molar-refractivity contribution >= 4 is 21.9 Å². The summed E-state index contributed by atoms with van der Waals surface area (Å²) in [6.07, 6.45) is 0. The molecule has 0 spiro atoms. The lowest BCUT2D eigenvalue weighted by atomic mass is 10.1. The van der Waals surface area contributed by atoms with Crippen molar-refractivity contribution in [2.24, 2.45) is 0 Å². The number of hydrogen-bond donors (Lipinski definition) is 0. The molecule has 0 saturated heterocycles. The van der Waals surface area contributed by atoms with E-state index in [-0.39, 0.29) is 13.6 Å². The quantitative estimate of drug-likeness (QED) is 0.408. The molecular formula is C13H17BrO6. The van der Waals surface area contributed by atoms with Crippen LogP contribution in [0.1, 0.15) is 10.4 Å². The summed E-state index contributed by atoms with van der Waals surface area (Å²) in [5.74, 6) is 0.624. The Labute approximate surface area is 126 Å². The lowest BCUT2D eigenvalue weighted by Crippen LogP contribution is -2.09. The number of esters is 1. The Balaban J connectivity index is 2.98. The zero-order valence-electron chi connectivity index (χ0n) is 11.6. The molecule has 0 N–H and O–H groups in total. The molecule has 0 fully saturated rings. The van der Waals surface area contributed by atoms with Gasteiger partial charge in [-0.3, -0.25) is 4.79 Å². The SMILES string of the molecule is COCOc1cc(OCOC)cc(C(Br)C(=O)OC)c1. The van der Waals surface area contributed by atoms with Crippen molar-refractivity contribution in [3.8, 4) is 11.5 Å². The molecule has 0 heterocycles. The van der Waals surface area contributed by atoms with Crippen LogP contribution in [-0.4, -0.2) is 40.9 Å². The number of methoxy groups -OCH3 is 3. The molecule has 0 amide bonds. The van der Waals surface area contributed by atoms with Crippen molar-refractivity contribution < 1.29 is 28.5 Å². The molecule has 1 atom stereocenters. The molecule has 0 bridgehead atoms. The van der Waals surface area contributed by atoms with Crippen LogP contribution in [0.4, 0.5) is 0 Å². The first-order chi connectivity index (χ1) is 9.62. The van der Waals surface area contributed by atoms with E-state index in [1.807, 2.05) is 0 Å². The summed E-state index contributed by atoms with van der Waals surface area (Å²) in [7, 11) is 4.37. The van der Waals surface area contributed by atoms with Crippen LogP contribution < -0.4 is 9.47 Å². The van der Waals surface area contributed by atoms with Crippen LogP contribution >= 0.6 is 15.9 Å². The van der Waals surface area contributed by atoms with Gasteiger partial charge in [0, 0.05) is 20.3 Å². The molecule has 0 saturated carbocycles. The maximum absolute atomic E-state index is 11.6. The minimum absolute atomic E-state index is 0.0956. The third-order valence-electron chi connectivity index (χ3n) is 2.29. The van der Waals surface area contributed by atoms with Gasteiger partial charge in [-0.2, -0.15) is 0 Å². The second kappa shape index (κ2) is 8.78. The highest BCUT2D eigenvalue weighted by atomic mass is 79.9. The summed E-state index contributed by atoms with van der Waals surface area (Å²) >= 11 is 3.27. The first-order valence-electron chi connectivity index (χ1n) is 5.72. The average molecular weight is 349 g/mol. The molecule has 1 unspecified atom stereocenters. The van der Waals surface area contributed by atoms with Gasteiger partial charge in [0.2, 0.25) is 0 Å². The van der Waals surface area contributed by atoms with Crippen molar-refractivity contribution in [2.75, 3.05) is 34.9 Å². The molecule has 20 heavy (non-hydrogen) atoms. The number of alkyl halides is 1. The van der Waals surface area contributed by atoms with E-state index in [1.165, 1.54) is 21.3 Å². The Kier molecular flexibility index (Phi) is 7.35. The monoisotopic (exact) mass is 348 g/mol. The summed E-state index contributed by atoms with van der Waals surface area (Å²) in [6.45, 7) is 0.191. The zero-order valence-corrected chi connectivity index (χ0v) is 13.1. The number of ether oxygens (including phenoxy) is 5. The molecule has 1 rings (SSSR count). The lowest BCUT2D eigenvalue weighted by molar-refractivity contribution is -0.139. The van der Waals surface area contributed by atoms with Crippen LogP contribution in [0.25, 0.3) is 0 Å². The second-order valence-electron chi connectivity index (χ2n) is 3.73. The number of carbonyl (C=O) groups is 1. The third kappa shape index (κ3) is 4.99. The number of halogens is 1. The van der Waals surface area contributed by atoms with E-state index in [9.17, 15) is 4.79 Å². The number of carbonyl (C=O) groups excluding carboxylic acids is 1. The highest BCUT2D eigenvalue weighted by Crippen LogP contribution is 2.31. The number of hydrogen-bond acceptors (Lipinski definition) is 6. The van der Waals surface area contributed by atoms with Crippen molar-refractivity contribution in [2.45, 2.75) is 4.83 Å². The molecule has 0 aromatic heterocycles. The summed E-state index contributed by atoms with van der Waals surface area (Å²) < 4.78 is 25.1. The summed E-state index contributed by atoms with van der Waals surface area (Å²) in [4.78, 5) is 11.0. The molecule has 1 aromatic rings. The maximum atomic E-state index is 11.6. The molecule has 0 radical (unpaired) electrons. The predicted molar refractivity (Wildman–Crippen MR) is 75.1 cm³/mol. The fraction of sp³-hybridized carbons (Fsp3) is 0.462. The van der Waals surface area contributed by atoms with Gasteiger partial charge in [0.25, 0.3) is 0 Å². The van der Waals surface area contributed by atoms with E-state index in [0.717, 1.165) is 0 Å². The average Bonchev–Trinajstić information content (AvgIpc) is 2.49. The minimum Gasteiger partial charge on any atom is -0.468 e. The fourth-order valence-corrected chi connectivity index (χ4v) is 1.85. The van der Waals surface area contributed by atoms with E-state index in [2.05, 4.69) is 15.9 Å². The Bertz CT molecular complexity index is 411. The van der Waals surface area contributed by atoms with Crippen LogP contribution in [0.2, 0.25) is 0 Å². The largest absolute Gasteiger partial charge is 0.468 e. The maximum Gasteiger partial charge on any atom is 0.324 e. The van der Waals surface area contributed by atoms with E-state index < -0.39 is 10.8 Å². The van der Waals surface area contributed by atoms with Gasteiger partial charge in [0.05, 0.1) is 7.11 Å². The zero-order chi connectivity index (χ0) is 15.0. The topological polar surface area (TPSA) is 63.2 Å². The Hall–Kier alpha value is -1.31. The van der Waals surface area contributed by atoms with E-state index >= 15 is 0 Å². The second-order valence-corrected chi connectivity index (χ2v) is 4.64. The standard InChI is InChI=1S/C13H17BrO6/c1-16-7-19-10-4-9(12(14)13(15)18-3)5-11(6-10)20-8-17-2/h4-6,12H,7-8H2,1-3H3. The summed E-state index contributed by atoms with van der Waals surface area (Å²) in [6, 6.07) is 5.09. The predicted octanol–water partition coefficient (Wildman–Crippen LogP) is 2.26. The van der Waals surface area contributed by atoms with Gasteiger partial charge >= 0.3 is 5.97 Å². The van der Waals surface area contributed by atoms with Crippen LogP contribution in [0.3, 0.4) is 0 Å². The van der Waals surface area contributed by atoms with E-state index in [0.29, 0.717) is 17.1 Å². The Morgan fingerprint density at radius 1 is 1.05 bits per heavy atom. The van der Waals surface area contributed by atoms with Gasteiger partial charge in [-0.05, 0) is 17.7 Å². The Morgan fingerprint density at radius 2 is 1.55 bits per heavy atom. The molecule has 0 aliphatic heterocycles. The Morgan fingerprint density at radius 3 is 1.95 bits per heavy atom. The fourth-order valence-electron chi connectivity index (χ4n) is 1.40. The lowest BCUT2D eigenvalue weighted by Gasteiger charge is -2.13. The van der Waals surface area contributed by atoms with Crippen molar-refractivity contribution in [3.63, 3.8) is 0 Å². The molecule has 112 valence electrons. The van der Waals surface area contributed by atoms with Crippen molar-refractivity contribution in [1.82, 2.24) is 0 Å². The molecule has 0 aliphatic rings. The van der Waals surface area contributed by atoms with Crippen LogP contribution in [-0.2, 0) is 19.0 Å². The van der Waals surface area contributed by atoms with Crippen LogP contribution in [0, 0.1) is 0 Å². The van der Waals surface area contributed by atoms with E-state index in [1.54, 1.807) is 18.2 Å². The third-order valence-corrected chi connectivity index (χ3v) is 3.19. The van der Waals surface area contributed by atoms with Crippen LogP contribution in [0.5, 0.6) is 11.5 Å². The summed E-state index contributed by atoms with van der Waals surface area (Å²) in [5, 5.41) is 0. The highest BCUT2D eigenvalue weighted by Gasteiger charge is 2.19. The molecule has 6 nitrogen and oxygen atoms in total. The van der Waals surface area contributed by atoms with Gasteiger partial charge in [-0.25, -0.2) is 0 Å². The smallest absolute Gasteiger partial charge is 0.324 e. The van der Waals surface area contributed by atoms with Gasteiger partial charge in [0.15, 0.2) is 13.6 Å². The first kappa shape index (κ1) is 16.7. The van der Waals surface area contributed by atoms with Crippen molar-refractivity contribution in [3.05, 3.63) is 23.8 Å². The van der Waals surface area contributed by atoms with E-state index in [4.69, 9.17) is 23.7 Å². The molecule has 1 aromatic carbocycles. The molecule has 7 heteroatoms. The first-order valence-corrected chi connectivity index (χ1v) is 6.64. The van der Waals surface area contributed by atoms with Gasteiger partial charge in [0.1, 0.15) is 16.3 Å². The highest BCUT2D eigenvalue weighted by molar-refractivity contribution is 9.09. The minimum atomic E-state index is -0.608. The molecule has 0 aliphatic carbocycles. The number of benzene rings is 1. The van der Waals surface area contributed by atoms with Crippen molar-refractivity contribution in [1.29, 1.82) is 0 Å². The normalized spacial score (nSPS) is 11.8.